The van der Waals surface area contributed by atoms with Crippen LogP contribution in [0.2, 0.25) is 0 Å². The molecule has 2 aromatic carbocycles. The lowest BCUT2D eigenvalue weighted by atomic mass is 10.0. The van der Waals surface area contributed by atoms with Gasteiger partial charge in [0.2, 0.25) is 0 Å². The van der Waals surface area contributed by atoms with E-state index in [0.29, 0.717) is 41.4 Å². The van der Waals surface area contributed by atoms with E-state index in [0.717, 1.165) is 31.2 Å². The molecule has 0 aliphatic heterocycles. The van der Waals surface area contributed by atoms with Gasteiger partial charge in [-0.15, -0.1) is 0 Å². The number of aromatic hydroxyl groups is 2. The number of nitrogens with zero attached hydrogens (tertiary/aromatic N) is 1. The normalized spacial score (nSPS) is 10.9. The topological polar surface area (TPSA) is 109 Å². The fourth-order valence-electron chi connectivity index (χ4n) is 2.96. The van der Waals surface area contributed by atoms with Gasteiger partial charge in [0.15, 0.2) is 23.0 Å². The molecule has 2 aromatic rings. The predicted octanol–water partition coefficient (Wildman–Crippen LogP) is 5.23. The second-order valence-corrected chi connectivity index (χ2v) is 7.46. The number of nitriles is 1. The minimum atomic E-state index is -0.355. The molecular weight excluding hydrogens is 422 g/mol. The SMILES string of the molecule is C=C(C)C(=O)OCCCCCCOc1ccc(/C=C(\C#N)c2ccc(O)c(O)c2)cc1OC. The van der Waals surface area contributed by atoms with Crippen molar-refractivity contribution in [2.24, 2.45) is 0 Å². The largest absolute Gasteiger partial charge is 0.504 e. The van der Waals surface area contributed by atoms with Crippen LogP contribution in [0.1, 0.15) is 43.7 Å². The van der Waals surface area contributed by atoms with E-state index in [1.807, 2.05) is 6.07 Å². The first-order valence-corrected chi connectivity index (χ1v) is 10.6. The van der Waals surface area contributed by atoms with Crippen LogP contribution in [0.4, 0.5) is 0 Å². The molecule has 0 atom stereocenters. The average molecular weight is 452 g/mol. The van der Waals surface area contributed by atoms with Crippen LogP contribution in [0, 0.1) is 11.3 Å². The molecule has 0 unspecified atom stereocenters. The lowest BCUT2D eigenvalue weighted by molar-refractivity contribution is -0.139. The third-order valence-corrected chi connectivity index (χ3v) is 4.78. The molecule has 0 fully saturated rings. The van der Waals surface area contributed by atoms with Gasteiger partial charge in [0.25, 0.3) is 0 Å². The van der Waals surface area contributed by atoms with Crippen molar-refractivity contribution >= 4 is 17.6 Å². The van der Waals surface area contributed by atoms with Crippen molar-refractivity contribution in [3.63, 3.8) is 0 Å². The number of carbonyl (C=O) groups is 1. The minimum Gasteiger partial charge on any atom is -0.504 e. The molecule has 0 amide bonds. The van der Waals surface area contributed by atoms with E-state index in [2.05, 4.69) is 12.6 Å². The molecule has 174 valence electrons. The second-order valence-electron chi connectivity index (χ2n) is 7.46. The maximum Gasteiger partial charge on any atom is 0.333 e. The molecule has 0 radical (unpaired) electrons. The lowest BCUT2D eigenvalue weighted by Crippen LogP contribution is -2.06. The van der Waals surface area contributed by atoms with Gasteiger partial charge in [-0.3, -0.25) is 0 Å². The number of phenols is 2. The van der Waals surface area contributed by atoms with E-state index in [1.54, 1.807) is 38.3 Å². The summed E-state index contributed by atoms with van der Waals surface area (Å²) in [6.07, 6.45) is 5.18. The van der Waals surface area contributed by atoms with Crippen LogP contribution < -0.4 is 9.47 Å². The van der Waals surface area contributed by atoms with Gasteiger partial charge in [0.1, 0.15) is 0 Å². The fraction of sp³-hybridized carbons (Fsp3) is 0.308. The number of allylic oxidation sites excluding steroid dienone is 1. The summed E-state index contributed by atoms with van der Waals surface area (Å²) < 4.78 is 16.3. The lowest BCUT2D eigenvalue weighted by Gasteiger charge is -2.12. The Morgan fingerprint density at radius 3 is 2.39 bits per heavy atom. The molecule has 0 aromatic heterocycles. The molecule has 0 aliphatic carbocycles. The third-order valence-electron chi connectivity index (χ3n) is 4.78. The molecule has 0 aliphatic rings. The van der Waals surface area contributed by atoms with E-state index in [9.17, 15) is 20.3 Å². The van der Waals surface area contributed by atoms with Gasteiger partial charge in [0, 0.05) is 5.57 Å². The molecule has 7 nitrogen and oxygen atoms in total. The molecule has 0 saturated carbocycles. The Kier molecular flexibility index (Phi) is 9.84. The molecule has 0 heterocycles. The van der Waals surface area contributed by atoms with Crippen molar-refractivity contribution in [1.29, 1.82) is 5.26 Å². The number of ether oxygens (including phenoxy) is 3. The Labute approximate surface area is 194 Å². The summed E-state index contributed by atoms with van der Waals surface area (Å²) in [7, 11) is 1.55. The molecule has 7 heteroatoms. The summed E-state index contributed by atoms with van der Waals surface area (Å²) in [5, 5.41) is 28.7. The Balaban J connectivity index is 1.89. The minimum absolute atomic E-state index is 0.245. The van der Waals surface area contributed by atoms with Crippen LogP contribution in [-0.2, 0) is 9.53 Å². The number of hydrogen-bond acceptors (Lipinski definition) is 7. The van der Waals surface area contributed by atoms with Crippen LogP contribution in [0.25, 0.3) is 11.6 Å². The van der Waals surface area contributed by atoms with E-state index in [1.165, 1.54) is 12.1 Å². The summed E-state index contributed by atoms with van der Waals surface area (Å²) in [5.41, 5.74) is 1.95. The highest BCUT2D eigenvalue weighted by atomic mass is 16.5. The molecule has 2 N–H and O–H groups in total. The van der Waals surface area contributed by atoms with Crippen LogP contribution in [0.15, 0.2) is 48.6 Å². The summed E-state index contributed by atoms with van der Waals surface area (Å²) in [6, 6.07) is 11.7. The zero-order valence-corrected chi connectivity index (χ0v) is 19.0. The van der Waals surface area contributed by atoms with Gasteiger partial charge >= 0.3 is 5.97 Å². The monoisotopic (exact) mass is 451 g/mol. The number of unbranched alkanes of at least 4 members (excludes halogenated alkanes) is 3. The number of esters is 1. The van der Waals surface area contributed by atoms with Crippen LogP contribution >= 0.6 is 0 Å². The number of rotatable bonds is 12. The first kappa shape index (κ1) is 25.3. The number of carbonyl (C=O) groups excluding carboxylic acids is 1. The Morgan fingerprint density at radius 2 is 1.76 bits per heavy atom. The zero-order chi connectivity index (χ0) is 24.2. The van der Waals surface area contributed by atoms with Crippen molar-refractivity contribution in [2.75, 3.05) is 20.3 Å². The summed E-state index contributed by atoms with van der Waals surface area (Å²) >= 11 is 0. The Morgan fingerprint density at radius 1 is 1.03 bits per heavy atom. The van der Waals surface area contributed by atoms with Crippen molar-refractivity contribution in [3.8, 4) is 29.1 Å². The molecule has 0 saturated heterocycles. The smallest absolute Gasteiger partial charge is 0.333 e. The molecule has 2 rings (SSSR count). The standard InChI is InChI=1S/C26H29NO6/c1-18(2)26(30)33-13-7-5-4-6-12-32-24-11-8-19(15-25(24)31-3)14-21(17-27)20-9-10-22(28)23(29)16-20/h8-11,14-16,28-29H,1,4-7,12-13H2,2-3H3/b21-14+. The van der Waals surface area contributed by atoms with Gasteiger partial charge in [-0.1, -0.05) is 12.6 Å². The Hall–Kier alpha value is -3.92. The molecule has 0 spiro atoms. The van der Waals surface area contributed by atoms with Crippen LogP contribution in [0.3, 0.4) is 0 Å². The van der Waals surface area contributed by atoms with E-state index >= 15 is 0 Å². The van der Waals surface area contributed by atoms with E-state index in [-0.39, 0.29) is 17.5 Å². The average Bonchev–Trinajstić information content (AvgIpc) is 2.81. The highest BCUT2D eigenvalue weighted by molar-refractivity contribution is 5.90. The zero-order valence-electron chi connectivity index (χ0n) is 19.0. The first-order chi connectivity index (χ1) is 15.8. The van der Waals surface area contributed by atoms with Gasteiger partial charge < -0.3 is 24.4 Å². The van der Waals surface area contributed by atoms with Crippen molar-refractivity contribution in [2.45, 2.75) is 32.6 Å². The highest BCUT2D eigenvalue weighted by Crippen LogP contribution is 2.32. The van der Waals surface area contributed by atoms with Gasteiger partial charge in [-0.25, -0.2) is 4.79 Å². The quantitative estimate of drug-likeness (QED) is 0.114. The Bertz CT molecular complexity index is 1050. The third kappa shape index (κ3) is 7.93. The van der Waals surface area contributed by atoms with Gasteiger partial charge in [-0.05, 0) is 80.1 Å². The number of methoxy groups -OCH3 is 1. The van der Waals surface area contributed by atoms with Crippen LogP contribution in [-0.4, -0.2) is 36.5 Å². The summed E-state index contributed by atoms with van der Waals surface area (Å²) in [5.74, 6) is 0.257. The van der Waals surface area contributed by atoms with Crippen molar-refractivity contribution in [3.05, 3.63) is 59.7 Å². The van der Waals surface area contributed by atoms with Crippen LogP contribution in [0.5, 0.6) is 23.0 Å². The van der Waals surface area contributed by atoms with Crippen molar-refractivity contribution < 1.29 is 29.2 Å². The summed E-state index contributed by atoms with van der Waals surface area (Å²) in [6.45, 7) is 6.08. The highest BCUT2D eigenvalue weighted by Gasteiger charge is 2.09. The second kappa shape index (κ2) is 12.8. The van der Waals surface area contributed by atoms with E-state index in [4.69, 9.17) is 14.2 Å². The predicted molar refractivity (Wildman–Crippen MR) is 126 cm³/mol. The van der Waals surface area contributed by atoms with Gasteiger partial charge in [0.05, 0.1) is 32.0 Å². The number of phenolic OH excluding ortho intramolecular Hbond substituents is 2. The number of benzene rings is 2. The maximum atomic E-state index is 11.3. The maximum absolute atomic E-state index is 11.3. The first-order valence-electron chi connectivity index (χ1n) is 10.6. The van der Waals surface area contributed by atoms with Gasteiger partial charge in [-0.2, -0.15) is 5.26 Å². The molecule has 0 bridgehead atoms. The fourth-order valence-corrected chi connectivity index (χ4v) is 2.96. The summed E-state index contributed by atoms with van der Waals surface area (Å²) in [4.78, 5) is 11.3. The number of hydrogen-bond donors (Lipinski definition) is 2. The van der Waals surface area contributed by atoms with E-state index < -0.39 is 0 Å². The van der Waals surface area contributed by atoms with Crippen molar-refractivity contribution in [1.82, 2.24) is 0 Å². The molecule has 33 heavy (non-hydrogen) atoms. The molecular formula is C26H29NO6.